The molecule has 0 aromatic carbocycles. The molecule has 0 amide bonds. The summed E-state index contributed by atoms with van der Waals surface area (Å²) >= 11 is 1.51. The number of carboxylic acid groups (broad SMARTS) is 1. The van der Waals surface area contributed by atoms with E-state index in [-0.39, 0.29) is 6.42 Å². The number of furan rings is 1. The lowest BCUT2D eigenvalue weighted by atomic mass is 10.5. The van der Waals surface area contributed by atoms with Crippen molar-refractivity contribution < 1.29 is 14.3 Å². The van der Waals surface area contributed by atoms with E-state index < -0.39 is 5.97 Å². The normalized spacial score (nSPS) is 10.1. The molecule has 1 heterocycles. The van der Waals surface area contributed by atoms with Gasteiger partial charge in [-0.15, -0.1) is 11.8 Å². The molecule has 0 saturated heterocycles. The lowest BCUT2D eigenvalue weighted by Gasteiger charge is -1.95. The second kappa shape index (κ2) is 4.21. The van der Waals surface area contributed by atoms with Gasteiger partial charge < -0.3 is 9.52 Å². The van der Waals surface area contributed by atoms with Gasteiger partial charge in [0.05, 0.1) is 12.7 Å². The Morgan fingerprint density at radius 3 is 3.00 bits per heavy atom. The number of thioether (sulfide) groups is 1. The van der Waals surface area contributed by atoms with Crippen molar-refractivity contribution in [2.24, 2.45) is 0 Å². The number of carbonyl (C=O) groups is 1. The monoisotopic (exact) mass is 186 g/mol. The molecule has 12 heavy (non-hydrogen) atoms. The van der Waals surface area contributed by atoms with Crippen molar-refractivity contribution >= 4 is 17.7 Å². The van der Waals surface area contributed by atoms with Gasteiger partial charge in [0, 0.05) is 10.6 Å². The molecule has 66 valence electrons. The molecule has 4 heteroatoms. The number of hydrogen-bond acceptors (Lipinski definition) is 3. The second-order valence-electron chi connectivity index (χ2n) is 2.33. The van der Waals surface area contributed by atoms with Gasteiger partial charge in [-0.3, -0.25) is 4.79 Å². The van der Waals surface area contributed by atoms with Gasteiger partial charge in [0.2, 0.25) is 0 Å². The zero-order valence-electron chi connectivity index (χ0n) is 6.74. The van der Waals surface area contributed by atoms with Gasteiger partial charge in [-0.05, 0) is 13.0 Å². The fourth-order valence-electron chi connectivity index (χ4n) is 0.771. The van der Waals surface area contributed by atoms with Gasteiger partial charge in [-0.2, -0.15) is 0 Å². The van der Waals surface area contributed by atoms with Crippen LogP contribution in [0.2, 0.25) is 0 Å². The zero-order chi connectivity index (χ0) is 8.97. The highest BCUT2D eigenvalue weighted by atomic mass is 32.2. The van der Waals surface area contributed by atoms with E-state index in [1.54, 1.807) is 6.26 Å². The zero-order valence-corrected chi connectivity index (χ0v) is 7.56. The van der Waals surface area contributed by atoms with Crippen LogP contribution in [-0.4, -0.2) is 16.8 Å². The second-order valence-corrected chi connectivity index (χ2v) is 3.47. The van der Waals surface area contributed by atoms with Gasteiger partial charge in [-0.1, -0.05) is 0 Å². The average Bonchev–Trinajstić information content (AvgIpc) is 2.36. The van der Waals surface area contributed by atoms with E-state index in [4.69, 9.17) is 9.52 Å². The Balaban J connectivity index is 2.33. The first-order valence-corrected chi connectivity index (χ1v) is 4.57. The van der Waals surface area contributed by atoms with E-state index in [1.165, 1.54) is 11.8 Å². The summed E-state index contributed by atoms with van der Waals surface area (Å²) in [6, 6.07) is 1.85. The Labute approximate surface area is 74.8 Å². The highest BCUT2D eigenvalue weighted by Crippen LogP contribution is 2.23. The van der Waals surface area contributed by atoms with Crippen LogP contribution in [0.1, 0.15) is 12.2 Å². The van der Waals surface area contributed by atoms with Crippen molar-refractivity contribution in [3.05, 3.63) is 18.1 Å². The number of rotatable bonds is 4. The van der Waals surface area contributed by atoms with Crippen molar-refractivity contribution in [2.45, 2.75) is 18.2 Å². The number of hydrogen-bond donors (Lipinski definition) is 1. The number of carboxylic acids is 1. The number of aryl methyl sites for hydroxylation is 1. The number of aliphatic carboxylic acids is 1. The third-order valence-electron chi connectivity index (χ3n) is 1.38. The molecule has 1 rings (SSSR count). The van der Waals surface area contributed by atoms with Crippen LogP contribution in [0, 0.1) is 6.92 Å². The van der Waals surface area contributed by atoms with Gasteiger partial charge in [0.15, 0.2) is 0 Å². The van der Waals surface area contributed by atoms with E-state index in [9.17, 15) is 4.79 Å². The lowest BCUT2D eigenvalue weighted by Crippen LogP contribution is -1.95. The minimum Gasteiger partial charge on any atom is -0.481 e. The predicted octanol–water partition coefficient (Wildman–Crippen LogP) is 2.15. The first kappa shape index (κ1) is 9.19. The summed E-state index contributed by atoms with van der Waals surface area (Å²) in [5, 5.41) is 8.37. The molecule has 0 aliphatic heterocycles. The SMILES string of the molecule is Cc1occc1SCCC(=O)O. The summed E-state index contributed by atoms with van der Waals surface area (Å²) < 4.78 is 5.05. The molecule has 0 fully saturated rings. The predicted molar refractivity (Wildman–Crippen MR) is 46.4 cm³/mol. The summed E-state index contributed by atoms with van der Waals surface area (Å²) in [7, 11) is 0. The molecular weight excluding hydrogens is 176 g/mol. The summed E-state index contributed by atoms with van der Waals surface area (Å²) in [6.45, 7) is 1.86. The Morgan fingerprint density at radius 1 is 1.75 bits per heavy atom. The molecule has 0 unspecified atom stereocenters. The third kappa shape index (κ3) is 2.62. The van der Waals surface area contributed by atoms with Gasteiger partial charge >= 0.3 is 5.97 Å². The maximum Gasteiger partial charge on any atom is 0.304 e. The summed E-state index contributed by atoms with van der Waals surface area (Å²) in [5.74, 6) is 0.685. The van der Waals surface area contributed by atoms with Crippen LogP contribution in [0.25, 0.3) is 0 Å². The molecule has 0 aliphatic rings. The van der Waals surface area contributed by atoms with E-state index in [0.29, 0.717) is 5.75 Å². The molecule has 0 bridgehead atoms. The summed E-state index contributed by atoms with van der Waals surface area (Å²) in [6.07, 6.45) is 1.80. The van der Waals surface area contributed by atoms with Crippen molar-refractivity contribution in [1.29, 1.82) is 0 Å². The molecule has 1 aromatic heterocycles. The molecule has 0 saturated carbocycles. The topological polar surface area (TPSA) is 50.4 Å². The van der Waals surface area contributed by atoms with E-state index >= 15 is 0 Å². The Morgan fingerprint density at radius 2 is 2.50 bits per heavy atom. The van der Waals surface area contributed by atoms with Crippen LogP contribution in [0.3, 0.4) is 0 Å². The standard InChI is InChI=1S/C8H10O3S/c1-6-7(2-4-11-6)12-5-3-8(9)10/h2,4H,3,5H2,1H3,(H,9,10). The fraction of sp³-hybridized carbons (Fsp3) is 0.375. The molecule has 3 nitrogen and oxygen atoms in total. The van der Waals surface area contributed by atoms with E-state index in [0.717, 1.165) is 10.7 Å². The lowest BCUT2D eigenvalue weighted by molar-refractivity contribution is -0.136. The summed E-state index contributed by atoms with van der Waals surface area (Å²) in [4.78, 5) is 11.2. The van der Waals surface area contributed by atoms with Crippen molar-refractivity contribution in [3.8, 4) is 0 Å². The maximum absolute atomic E-state index is 10.2. The smallest absolute Gasteiger partial charge is 0.304 e. The maximum atomic E-state index is 10.2. The highest BCUT2D eigenvalue weighted by molar-refractivity contribution is 7.99. The van der Waals surface area contributed by atoms with Crippen LogP contribution in [-0.2, 0) is 4.79 Å². The molecule has 0 aliphatic carbocycles. The molecule has 0 radical (unpaired) electrons. The highest BCUT2D eigenvalue weighted by Gasteiger charge is 2.02. The Hall–Kier alpha value is -0.900. The fourth-order valence-corrected chi connectivity index (χ4v) is 1.67. The van der Waals surface area contributed by atoms with Crippen LogP contribution < -0.4 is 0 Å². The molecule has 1 aromatic rings. The quantitative estimate of drug-likeness (QED) is 0.732. The summed E-state index contributed by atoms with van der Waals surface area (Å²) in [5.41, 5.74) is 0. The van der Waals surface area contributed by atoms with Crippen LogP contribution in [0.5, 0.6) is 0 Å². The van der Waals surface area contributed by atoms with Crippen molar-refractivity contribution in [2.75, 3.05) is 5.75 Å². The van der Waals surface area contributed by atoms with E-state index in [1.807, 2.05) is 13.0 Å². The molecular formula is C8H10O3S. The van der Waals surface area contributed by atoms with Gasteiger partial charge in [0.25, 0.3) is 0 Å². The minimum absolute atomic E-state index is 0.190. The van der Waals surface area contributed by atoms with Crippen LogP contribution in [0.4, 0.5) is 0 Å². The first-order valence-electron chi connectivity index (χ1n) is 3.59. The Kier molecular flexibility index (Phi) is 3.22. The Bertz CT molecular complexity index is 267. The van der Waals surface area contributed by atoms with Crippen LogP contribution in [0.15, 0.2) is 21.6 Å². The minimum atomic E-state index is -0.761. The molecule has 0 spiro atoms. The van der Waals surface area contributed by atoms with Crippen molar-refractivity contribution in [1.82, 2.24) is 0 Å². The molecule has 1 N–H and O–H groups in total. The third-order valence-corrected chi connectivity index (χ3v) is 2.53. The van der Waals surface area contributed by atoms with Crippen molar-refractivity contribution in [3.63, 3.8) is 0 Å². The molecule has 0 atom stereocenters. The first-order chi connectivity index (χ1) is 5.70. The van der Waals surface area contributed by atoms with E-state index in [2.05, 4.69) is 0 Å². The largest absolute Gasteiger partial charge is 0.481 e. The van der Waals surface area contributed by atoms with Gasteiger partial charge in [-0.25, -0.2) is 0 Å². The average molecular weight is 186 g/mol. The van der Waals surface area contributed by atoms with Gasteiger partial charge in [0.1, 0.15) is 5.76 Å². The van der Waals surface area contributed by atoms with Crippen LogP contribution >= 0.6 is 11.8 Å².